The zero-order valence-corrected chi connectivity index (χ0v) is 21.2. The molecule has 0 spiro atoms. The van der Waals surface area contributed by atoms with Crippen LogP contribution in [-0.4, -0.2) is 52.2 Å². The molecular weight excluding hydrogens is 464 g/mol. The van der Waals surface area contributed by atoms with Crippen molar-refractivity contribution in [3.8, 4) is 17.3 Å². The summed E-state index contributed by atoms with van der Waals surface area (Å²) in [5.41, 5.74) is 2.29. The molecule has 1 aliphatic carbocycles. The molecule has 1 atom stereocenters. The smallest absolute Gasteiger partial charge is 0.227 e. The van der Waals surface area contributed by atoms with E-state index in [4.69, 9.17) is 14.6 Å². The van der Waals surface area contributed by atoms with E-state index in [1.54, 1.807) is 4.68 Å². The minimum absolute atomic E-state index is 0.0782. The molecule has 4 rings (SSSR count). The van der Waals surface area contributed by atoms with Gasteiger partial charge in [-0.15, -0.1) is 0 Å². The Bertz CT molecular complexity index is 1130. The number of para-hydroxylation sites is 1. The normalized spacial score (nSPS) is 14.6. The van der Waals surface area contributed by atoms with E-state index >= 15 is 0 Å². The second-order valence-electron chi connectivity index (χ2n) is 10.0. The van der Waals surface area contributed by atoms with Crippen molar-refractivity contribution in [1.82, 2.24) is 14.7 Å². The fourth-order valence-electron chi connectivity index (χ4n) is 4.11. The third-order valence-corrected chi connectivity index (χ3v) is 6.06. The highest BCUT2D eigenvalue weighted by atomic mass is 19.1. The molecule has 1 aromatic heterocycles. The van der Waals surface area contributed by atoms with Gasteiger partial charge in [0.05, 0.1) is 29.7 Å². The van der Waals surface area contributed by atoms with Gasteiger partial charge in [0.1, 0.15) is 5.82 Å². The summed E-state index contributed by atoms with van der Waals surface area (Å²) < 4.78 is 41.4. The van der Waals surface area contributed by atoms with E-state index in [0.717, 1.165) is 29.6 Å². The maximum absolute atomic E-state index is 14.5. The second kappa shape index (κ2) is 12.0. The number of aryl methyl sites for hydroxylation is 1. The van der Waals surface area contributed by atoms with Crippen LogP contribution in [0.4, 0.5) is 8.78 Å². The van der Waals surface area contributed by atoms with Crippen molar-refractivity contribution >= 4 is 0 Å². The molecule has 0 bridgehead atoms. The molecule has 0 amide bonds. The number of benzene rings is 2. The molecule has 36 heavy (non-hydrogen) atoms. The number of rotatable bonds is 13. The molecule has 1 saturated carbocycles. The van der Waals surface area contributed by atoms with Gasteiger partial charge in [-0.25, -0.2) is 13.5 Å². The Kier molecular flexibility index (Phi) is 8.72. The Morgan fingerprint density at radius 3 is 2.53 bits per heavy atom. The first kappa shape index (κ1) is 26.3. The molecule has 0 radical (unpaired) electrons. The van der Waals surface area contributed by atoms with E-state index in [0.29, 0.717) is 37.4 Å². The summed E-state index contributed by atoms with van der Waals surface area (Å²) in [6, 6.07) is 12.7. The molecule has 1 N–H and O–H groups in total. The lowest BCUT2D eigenvalue weighted by Gasteiger charge is -2.25. The van der Waals surface area contributed by atoms with Gasteiger partial charge < -0.3 is 14.6 Å². The monoisotopic (exact) mass is 499 g/mol. The lowest BCUT2D eigenvalue weighted by Crippen LogP contribution is -2.36. The summed E-state index contributed by atoms with van der Waals surface area (Å²) in [5.74, 6) is -0.166. The van der Waals surface area contributed by atoms with Gasteiger partial charge in [0.25, 0.3) is 0 Å². The molecule has 8 heteroatoms. The van der Waals surface area contributed by atoms with E-state index < -0.39 is 17.7 Å². The van der Waals surface area contributed by atoms with Crippen LogP contribution in [0, 0.1) is 30.4 Å². The first-order valence-corrected chi connectivity index (χ1v) is 12.5. The van der Waals surface area contributed by atoms with Gasteiger partial charge in [0, 0.05) is 32.3 Å². The van der Waals surface area contributed by atoms with E-state index in [1.165, 1.54) is 25.0 Å². The summed E-state index contributed by atoms with van der Waals surface area (Å²) in [5, 5.41) is 15.4. The Hall–Kier alpha value is -2.81. The summed E-state index contributed by atoms with van der Waals surface area (Å²) >= 11 is 0. The van der Waals surface area contributed by atoms with Crippen LogP contribution in [0.2, 0.25) is 0 Å². The summed E-state index contributed by atoms with van der Waals surface area (Å²) in [6.07, 6.45) is 1.71. The van der Waals surface area contributed by atoms with Crippen molar-refractivity contribution in [1.29, 1.82) is 0 Å². The van der Waals surface area contributed by atoms with Crippen molar-refractivity contribution in [3.05, 3.63) is 71.4 Å². The van der Waals surface area contributed by atoms with Crippen LogP contribution in [0.25, 0.3) is 5.69 Å². The SMILES string of the molecule is Cc1nn(-c2ccccc2)c(Oc2ccc(F)cc2F)c1CN(CC(O)COCC(C)C)CC1CC1. The molecular formula is C28H35F2N3O3. The number of ether oxygens (including phenoxy) is 2. The molecule has 194 valence electrons. The number of aliphatic hydroxyl groups is 1. The zero-order chi connectivity index (χ0) is 25.7. The van der Waals surface area contributed by atoms with Gasteiger partial charge in [-0.1, -0.05) is 32.0 Å². The van der Waals surface area contributed by atoms with Crippen molar-refractivity contribution < 1.29 is 23.4 Å². The molecule has 1 unspecified atom stereocenters. The quantitative estimate of drug-likeness (QED) is 0.337. The highest BCUT2D eigenvalue weighted by Crippen LogP contribution is 2.35. The van der Waals surface area contributed by atoms with Crippen LogP contribution in [0.5, 0.6) is 11.6 Å². The topological polar surface area (TPSA) is 59.8 Å². The number of aromatic nitrogens is 2. The van der Waals surface area contributed by atoms with E-state index in [2.05, 4.69) is 18.7 Å². The van der Waals surface area contributed by atoms with Crippen LogP contribution < -0.4 is 4.74 Å². The maximum atomic E-state index is 14.5. The number of aliphatic hydroxyl groups excluding tert-OH is 1. The lowest BCUT2D eigenvalue weighted by atomic mass is 10.2. The highest BCUT2D eigenvalue weighted by Gasteiger charge is 2.28. The lowest BCUT2D eigenvalue weighted by molar-refractivity contribution is 0.00609. The van der Waals surface area contributed by atoms with E-state index in [1.807, 2.05) is 37.3 Å². The number of nitrogens with zero attached hydrogens (tertiary/aromatic N) is 3. The van der Waals surface area contributed by atoms with Gasteiger partial charge in [0.2, 0.25) is 5.88 Å². The maximum Gasteiger partial charge on any atom is 0.227 e. The molecule has 2 aromatic carbocycles. The van der Waals surface area contributed by atoms with E-state index in [9.17, 15) is 13.9 Å². The van der Waals surface area contributed by atoms with Crippen LogP contribution in [-0.2, 0) is 11.3 Å². The predicted molar refractivity (Wildman–Crippen MR) is 134 cm³/mol. The summed E-state index contributed by atoms with van der Waals surface area (Å²) in [7, 11) is 0. The standard InChI is InChI=1S/C28H35F2N3O3/c1-19(2)17-35-18-24(34)15-32(14-21-9-10-21)16-25-20(3)31-33(23-7-5-4-6-8-23)28(25)36-27-12-11-22(29)13-26(27)30/h4-8,11-13,19,21,24,34H,9-10,14-18H2,1-3H3. The number of hydrogen-bond acceptors (Lipinski definition) is 5. The van der Waals surface area contributed by atoms with Crippen molar-refractivity contribution in [2.45, 2.75) is 46.3 Å². The van der Waals surface area contributed by atoms with Gasteiger partial charge >= 0.3 is 0 Å². The van der Waals surface area contributed by atoms with Crippen molar-refractivity contribution in [3.63, 3.8) is 0 Å². The number of halogens is 2. The molecule has 0 aliphatic heterocycles. The van der Waals surface area contributed by atoms with Gasteiger partial charge in [-0.2, -0.15) is 5.10 Å². The molecule has 1 fully saturated rings. The second-order valence-corrected chi connectivity index (χ2v) is 10.0. The minimum atomic E-state index is -0.785. The summed E-state index contributed by atoms with van der Waals surface area (Å²) in [6.45, 7) is 8.65. The first-order valence-electron chi connectivity index (χ1n) is 12.5. The molecule has 3 aromatic rings. The third-order valence-electron chi connectivity index (χ3n) is 6.06. The predicted octanol–water partition coefficient (Wildman–Crippen LogP) is 5.50. The average molecular weight is 500 g/mol. The van der Waals surface area contributed by atoms with Crippen LogP contribution in [0.3, 0.4) is 0 Å². The van der Waals surface area contributed by atoms with Crippen LogP contribution in [0.15, 0.2) is 48.5 Å². The minimum Gasteiger partial charge on any atom is -0.435 e. The van der Waals surface area contributed by atoms with Crippen molar-refractivity contribution in [2.75, 3.05) is 26.3 Å². The van der Waals surface area contributed by atoms with Crippen LogP contribution in [0.1, 0.15) is 37.9 Å². The molecule has 1 heterocycles. The Morgan fingerprint density at radius 1 is 1.11 bits per heavy atom. The summed E-state index contributed by atoms with van der Waals surface area (Å²) in [4.78, 5) is 2.19. The molecule has 0 saturated heterocycles. The van der Waals surface area contributed by atoms with Crippen LogP contribution >= 0.6 is 0 Å². The number of hydrogen-bond donors (Lipinski definition) is 1. The molecule has 1 aliphatic rings. The fraction of sp³-hybridized carbons (Fsp3) is 0.464. The van der Waals surface area contributed by atoms with Crippen molar-refractivity contribution in [2.24, 2.45) is 11.8 Å². The largest absolute Gasteiger partial charge is 0.435 e. The fourth-order valence-corrected chi connectivity index (χ4v) is 4.11. The average Bonchev–Trinajstić information content (AvgIpc) is 3.60. The Balaban J connectivity index is 1.62. The Morgan fingerprint density at radius 2 is 1.86 bits per heavy atom. The van der Waals surface area contributed by atoms with Gasteiger partial charge in [-0.3, -0.25) is 4.90 Å². The van der Waals surface area contributed by atoms with Gasteiger partial charge in [-0.05, 0) is 55.9 Å². The molecule has 6 nitrogen and oxygen atoms in total. The Labute approximate surface area is 211 Å². The zero-order valence-electron chi connectivity index (χ0n) is 21.2. The highest BCUT2D eigenvalue weighted by molar-refractivity contribution is 5.43. The first-order chi connectivity index (χ1) is 17.3. The van der Waals surface area contributed by atoms with E-state index in [-0.39, 0.29) is 12.4 Å². The third kappa shape index (κ3) is 7.12. The van der Waals surface area contributed by atoms with Gasteiger partial charge in [0.15, 0.2) is 11.6 Å².